The van der Waals surface area contributed by atoms with Gasteiger partial charge in [0.1, 0.15) is 23.8 Å². The summed E-state index contributed by atoms with van der Waals surface area (Å²) in [6, 6.07) is 12.2. The molecule has 0 fully saturated rings. The Kier molecular flexibility index (Phi) is 7.27. The first kappa shape index (κ1) is 22.6. The van der Waals surface area contributed by atoms with E-state index in [1.807, 2.05) is 13.0 Å². The molecule has 0 atom stereocenters. The van der Waals surface area contributed by atoms with Gasteiger partial charge in [0.05, 0.1) is 37.9 Å². The van der Waals surface area contributed by atoms with Crippen molar-refractivity contribution in [1.29, 1.82) is 0 Å². The van der Waals surface area contributed by atoms with E-state index in [0.717, 1.165) is 0 Å². The highest BCUT2D eigenvalue weighted by Crippen LogP contribution is 2.29. The molecule has 3 aromatic rings. The predicted octanol–water partition coefficient (Wildman–Crippen LogP) is 2.89. The smallest absolute Gasteiger partial charge is 0.278 e. The second kappa shape index (κ2) is 10.3. The van der Waals surface area contributed by atoms with E-state index in [9.17, 15) is 9.59 Å². The first-order valence-corrected chi connectivity index (χ1v) is 9.92. The maximum absolute atomic E-state index is 12.7. The minimum Gasteiger partial charge on any atom is -0.497 e. The summed E-state index contributed by atoms with van der Waals surface area (Å²) in [6.07, 6.45) is 0. The number of aromatic nitrogens is 3. The van der Waals surface area contributed by atoms with Crippen molar-refractivity contribution in [2.75, 3.05) is 31.5 Å². The number of nitrogens with zero attached hydrogens (tertiary/aromatic N) is 3. The van der Waals surface area contributed by atoms with Gasteiger partial charge in [-0.2, -0.15) is 0 Å². The summed E-state index contributed by atoms with van der Waals surface area (Å²) in [4.78, 5) is 25.3. The zero-order valence-electron chi connectivity index (χ0n) is 18.3. The number of hydrogen-bond acceptors (Lipinski definition) is 7. The van der Waals surface area contributed by atoms with Gasteiger partial charge in [0.2, 0.25) is 5.91 Å². The average molecular weight is 439 g/mol. The third kappa shape index (κ3) is 5.15. The van der Waals surface area contributed by atoms with E-state index < -0.39 is 5.91 Å². The summed E-state index contributed by atoms with van der Waals surface area (Å²) in [5.41, 5.74) is 1.54. The predicted molar refractivity (Wildman–Crippen MR) is 118 cm³/mol. The molecule has 1 aromatic heterocycles. The Labute approximate surface area is 185 Å². The Bertz CT molecular complexity index is 1110. The van der Waals surface area contributed by atoms with Crippen molar-refractivity contribution in [3.05, 3.63) is 53.9 Å². The third-order valence-electron chi connectivity index (χ3n) is 4.61. The van der Waals surface area contributed by atoms with Crippen molar-refractivity contribution in [3.63, 3.8) is 0 Å². The largest absolute Gasteiger partial charge is 0.497 e. The summed E-state index contributed by atoms with van der Waals surface area (Å²) >= 11 is 0. The maximum Gasteiger partial charge on any atom is 0.278 e. The second-order valence-corrected chi connectivity index (χ2v) is 6.68. The SMILES string of the molecule is CCOc1ccccc1NC(=O)c1nnn(CC(=O)Nc2cc(OC)ccc2OC)c1C. The van der Waals surface area contributed by atoms with Crippen LogP contribution in [0.3, 0.4) is 0 Å². The fraction of sp³-hybridized carbons (Fsp3) is 0.273. The number of para-hydroxylation sites is 2. The molecule has 0 radical (unpaired) electrons. The van der Waals surface area contributed by atoms with Crippen LogP contribution in [-0.2, 0) is 11.3 Å². The Hall–Kier alpha value is -4.08. The van der Waals surface area contributed by atoms with Crippen molar-refractivity contribution in [1.82, 2.24) is 15.0 Å². The molecule has 0 aliphatic heterocycles. The Balaban J connectivity index is 1.71. The van der Waals surface area contributed by atoms with E-state index in [1.54, 1.807) is 43.3 Å². The van der Waals surface area contributed by atoms with E-state index in [1.165, 1.54) is 18.9 Å². The molecular formula is C22H25N5O5. The summed E-state index contributed by atoms with van der Waals surface area (Å²) in [6.45, 7) is 3.86. The van der Waals surface area contributed by atoms with Crippen LogP contribution >= 0.6 is 0 Å². The van der Waals surface area contributed by atoms with Crippen molar-refractivity contribution in [2.45, 2.75) is 20.4 Å². The van der Waals surface area contributed by atoms with Crippen LogP contribution in [0.15, 0.2) is 42.5 Å². The van der Waals surface area contributed by atoms with Crippen LogP contribution in [0.2, 0.25) is 0 Å². The number of benzene rings is 2. The number of methoxy groups -OCH3 is 2. The Morgan fingerprint density at radius 2 is 1.78 bits per heavy atom. The van der Waals surface area contributed by atoms with Gasteiger partial charge >= 0.3 is 0 Å². The van der Waals surface area contributed by atoms with Crippen LogP contribution < -0.4 is 24.8 Å². The van der Waals surface area contributed by atoms with Gasteiger partial charge in [0.15, 0.2) is 5.69 Å². The molecule has 32 heavy (non-hydrogen) atoms. The van der Waals surface area contributed by atoms with Gasteiger partial charge in [-0.05, 0) is 38.1 Å². The third-order valence-corrected chi connectivity index (χ3v) is 4.61. The quantitative estimate of drug-likeness (QED) is 0.526. The molecule has 0 aliphatic rings. The van der Waals surface area contributed by atoms with Crippen molar-refractivity contribution in [2.24, 2.45) is 0 Å². The van der Waals surface area contributed by atoms with Gasteiger partial charge < -0.3 is 24.8 Å². The molecule has 0 unspecified atom stereocenters. The molecule has 3 rings (SSSR count). The average Bonchev–Trinajstić information content (AvgIpc) is 3.15. The fourth-order valence-electron chi connectivity index (χ4n) is 2.99. The molecule has 2 amide bonds. The molecule has 168 valence electrons. The van der Waals surface area contributed by atoms with Gasteiger partial charge in [-0.25, -0.2) is 4.68 Å². The van der Waals surface area contributed by atoms with Crippen LogP contribution in [0.1, 0.15) is 23.1 Å². The van der Waals surface area contributed by atoms with Crippen molar-refractivity contribution >= 4 is 23.2 Å². The van der Waals surface area contributed by atoms with Crippen LogP contribution in [0.5, 0.6) is 17.2 Å². The highest BCUT2D eigenvalue weighted by Gasteiger charge is 2.20. The molecule has 2 aromatic carbocycles. The number of nitrogens with one attached hydrogen (secondary N) is 2. The standard InChI is InChI=1S/C22H25N5O5/c1-5-32-19-9-7-6-8-16(19)24-22(29)21-14(2)27(26-25-21)13-20(28)23-17-12-15(30-3)10-11-18(17)31-4/h6-12H,5,13H2,1-4H3,(H,23,28)(H,24,29). The highest BCUT2D eigenvalue weighted by molar-refractivity contribution is 6.04. The van der Waals surface area contributed by atoms with Crippen LogP contribution in [0.4, 0.5) is 11.4 Å². The molecular weight excluding hydrogens is 414 g/mol. The van der Waals surface area contributed by atoms with Gasteiger partial charge in [0.25, 0.3) is 5.91 Å². The minimum atomic E-state index is -0.448. The lowest BCUT2D eigenvalue weighted by Gasteiger charge is -2.12. The molecule has 10 nitrogen and oxygen atoms in total. The number of anilines is 2. The zero-order valence-corrected chi connectivity index (χ0v) is 18.3. The molecule has 2 N–H and O–H groups in total. The maximum atomic E-state index is 12.7. The number of carbonyl (C=O) groups is 2. The van der Waals surface area contributed by atoms with Gasteiger partial charge in [-0.3, -0.25) is 9.59 Å². The highest BCUT2D eigenvalue weighted by atomic mass is 16.5. The molecule has 0 saturated carbocycles. The van der Waals surface area contributed by atoms with Gasteiger partial charge in [-0.15, -0.1) is 5.10 Å². The second-order valence-electron chi connectivity index (χ2n) is 6.68. The first-order valence-electron chi connectivity index (χ1n) is 9.92. The van der Waals surface area contributed by atoms with Crippen LogP contribution in [0.25, 0.3) is 0 Å². The normalized spacial score (nSPS) is 10.4. The lowest BCUT2D eigenvalue weighted by molar-refractivity contribution is -0.117. The van der Waals surface area contributed by atoms with Crippen molar-refractivity contribution < 1.29 is 23.8 Å². The monoisotopic (exact) mass is 439 g/mol. The fourth-order valence-corrected chi connectivity index (χ4v) is 2.99. The lowest BCUT2D eigenvalue weighted by atomic mass is 10.2. The van der Waals surface area contributed by atoms with Gasteiger partial charge in [0, 0.05) is 6.07 Å². The summed E-state index contributed by atoms with van der Waals surface area (Å²) in [5, 5.41) is 13.4. The molecule has 0 spiro atoms. The Morgan fingerprint density at radius 1 is 1.00 bits per heavy atom. The lowest BCUT2D eigenvalue weighted by Crippen LogP contribution is -2.21. The first-order chi connectivity index (χ1) is 15.5. The Morgan fingerprint density at radius 3 is 2.50 bits per heavy atom. The zero-order chi connectivity index (χ0) is 23.1. The van der Waals surface area contributed by atoms with Gasteiger partial charge in [-0.1, -0.05) is 17.3 Å². The molecule has 1 heterocycles. The minimum absolute atomic E-state index is 0.114. The van der Waals surface area contributed by atoms with E-state index in [0.29, 0.717) is 40.9 Å². The van der Waals surface area contributed by atoms with E-state index >= 15 is 0 Å². The van der Waals surface area contributed by atoms with Crippen LogP contribution in [0, 0.1) is 6.92 Å². The summed E-state index contributed by atoms with van der Waals surface area (Å²) in [5.74, 6) is 0.806. The molecule has 10 heteroatoms. The molecule has 0 saturated heterocycles. The topological polar surface area (TPSA) is 117 Å². The summed E-state index contributed by atoms with van der Waals surface area (Å²) < 4.78 is 17.3. The number of hydrogen-bond donors (Lipinski definition) is 2. The number of rotatable bonds is 9. The number of carbonyl (C=O) groups excluding carboxylic acids is 2. The van der Waals surface area contributed by atoms with E-state index in [2.05, 4.69) is 20.9 Å². The van der Waals surface area contributed by atoms with E-state index in [-0.39, 0.29) is 18.1 Å². The summed E-state index contributed by atoms with van der Waals surface area (Å²) in [7, 11) is 3.04. The van der Waals surface area contributed by atoms with Crippen LogP contribution in [-0.4, -0.2) is 47.6 Å². The molecule has 0 aliphatic carbocycles. The van der Waals surface area contributed by atoms with Crippen molar-refractivity contribution in [3.8, 4) is 17.2 Å². The number of amides is 2. The number of ether oxygens (including phenoxy) is 3. The molecule has 0 bridgehead atoms. The van der Waals surface area contributed by atoms with E-state index in [4.69, 9.17) is 14.2 Å².